The number of carbonyl (C=O) groups excluding carboxylic acids is 3. The van der Waals surface area contributed by atoms with Crippen molar-refractivity contribution in [2.45, 2.75) is 75.1 Å². The molecule has 0 radical (unpaired) electrons. The number of rotatable bonds is 19. The lowest BCUT2D eigenvalue weighted by Crippen LogP contribution is -2.63. The van der Waals surface area contributed by atoms with Crippen LogP contribution in [0.1, 0.15) is 47.8 Å². The number of methoxy groups -OCH3 is 1. The van der Waals surface area contributed by atoms with Crippen molar-refractivity contribution in [1.29, 1.82) is 0 Å². The largest absolute Gasteiger partial charge is 0.452 e. The Morgan fingerprint density at radius 1 is 0.433 bits per heavy atom. The van der Waals surface area contributed by atoms with Crippen molar-refractivity contribution in [2.75, 3.05) is 20.3 Å². The standard InChI is InChI=1S/C54H52O13/c1-58-53-49(67-52(57)42-30-18-7-19-31-42)47(66-51(56)41-28-16-6-17-29-41)46(65-50(55)40-26-14-5-15-27-40)44(64-53)36-63-54-48(61-34-39-24-12-4-13-25-39)45(60-33-38-22-10-3-11-23-38)43(35-62-54)59-32-37-20-8-2-9-21-37/h2-31,43-49,53-54H,32-36H2,1H3/t43-,44-,45+,46-,47+,48-,49-,53+,54-/m1/s1. The normalized spacial score (nSPS) is 23.7. The molecule has 0 aromatic heterocycles. The molecule has 0 bridgehead atoms. The van der Waals surface area contributed by atoms with E-state index >= 15 is 0 Å². The summed E-state index contributed by atoms with van der Waals surface area (Å²) in [6.45, 7) is 0.460. The Morgan fingerprint density at radius 3 is 1.27 bits per heavy atom. The molecule has 2 aliphatic heterocycles. The zero-order valence-electron chi connectivity index (χ0n) is 36.9. The van der Waals surface area contributed by atoms with E-state index in [1.54, 1.807) is 91.0 Å². The van der Waals surface area contributed by atoms with Gasteiger partial charge in [0.15, 0.2) is 30.9 Å². The highest BCUT2D eigenvalue weighted by atomic mass is 16.7. The van der Waals surface area contributed by atoms with E-state index in [1.807, 2.05) is 91.0 Å². The first-order valence-electron chi connectivity index (χ1n) is 22.1. The van der Waals surface area contributed by atoms with Gasteiger partial charge in [0.05, 0.1) is 49.7 Å². The van der Waals surface area contributed by atoms with Crippen LogP contribution in [-0.4, -0.2) is 93.5 Å². The van der Waals surface area contributed by atoms with Crippen LogP contribution in [0.2, 0.25) is 0 Å². The average molecular weight is 909 g/mol. The van der Waals surface area contributed by atoms with Crippen LogP contribution in [-0.2, 0) is 67.2 Å². The number of hydrogen-bond acceptors (Lipinski definition) is 13. The molecule has 0 unspecified atom stereocenters. The van der Waals surface area contributed by atoms with E-state index in [-0.39, 0.29) is 43.1 Å². The smallest absolute Gasteiger partial charge is 0.338 e. The highest BCUT2D eigenvalue weighted by Crippen LogP contribution is 2.33. The van der Waals surface area contributed by atoms with E-state index in [0.717, 1.165) is 16.7 Å². The lowest BCUT2D eigenvalue weighted by atomic mass is 9.97. The third-order valence-electron chi connectivity index (χ3n) is 11.3. The molecular formula is C54H52O13. The minimum atomic E-state index is -1.48. The van der Waals surface area contributed by atoms with Crippen LogP contribution in [0.15, 0.2) is 182 Å². The highest BCUT2D eigenvalue weighted by Gasteiger charge is 2.54. The van der Waals surface area contributed by atoms with Gasteiger partial charge >= 0.3 is 17.9 Å². The molecule has 0 saturated carbocycles. The van der Waals surface area contributed by atoms with Crippen LogP contribution in [0.25, 0.3) is 0 Å². The van der Waals surface area contributed by atoms with E-state index < -0.39 is 73.2 Å². The maximum atomic E-state index is 14.0. The predicted octanol–water partition coefficient (Wildman–Crippen LogP) is 8.16. The Labute approximate surface area is 389 Å². The van der Waals surface area contributed by atoms with Gasteiger partial charge in [0.1, 0.15) is 24.4 Å². The zero-order valence-corrected chi connectivity index (χ0v) is 36.9. The third-order valence-corrected chi connectivity index (χ3v) is 11.3. The van der Waals surface area contributed by atoms with E-state index in [9.17, 15) is 14.4 Å². The molecule has 13 nitrogen and oxygen atoms in total. The molecule has 67 heavy (non-hydrogen) atoms. The molecule has 13 heteroatoms. The molecule has 8 rings (SSSR count). The Bertz CT molecular complexity index is 2430. The van der Waals surface area contributed by atoms with Gasteiger partial charge in [-0.2, -0.15) is 0 Å². The SMILES string of the molecule is CO[C@H]1O[C@H](CO[C@H]2OC[C@@H](OCc3ccccc3)[C@H](OCc3ccccc3)[C@H]2OCc2ccccc2)[C@@H](OC(=O)c2ccccc2)[C@H](OC(=O)c2ccccc2)[C@H]1OC(=O)c1ccccc1. The Morgan fingerprint density at radius 2 is 0.821 bits per heavy atom. The summed E-state index contributed by atoms with van der Waals surface area (Å²) in [5, 5.41) is 0. The van der Waals surface area contributed by atoms with Gasteiger partial charge < -0.3 is 47.4 Å². The second-order valence-corrected chi connectivity index (χ2v) is 15.9. The molecule has 6 aromatic carbocycles. The van der Waals surface area contributed by atoms with Crippen molar-refractivity contribution >= 4 is 17.9 Å². The zero-order chi connectivity index (χ0) is 46.2. The van der Waals surface area contributed by atoms with Gasteiger partial charge in [-0.3, -0.25) is 0 Å². The molecule has 2 fully saturated rings. The Balaban J connectivity index is 1.11. The quantitative estimate of drug-likeness (QED) is 0.0570. The topological polar surface area (TPSA) is 144 Å². The van der Waals surface area contributed by atoms with Crippen LogP contribution >= 0.6 is 0 Å². The van der Waals surface area contributed by atoms with Crippen LogP contribution in [0, 0.1) is 0 Å². The van der Waals surface area contributed by atoms with Crippen molar-refractivity contribution in [1.82, 2.24) is 0 Å². The summed E-state index contributed by atoms with van der Waals surface area (Å²) in [6, 6.07) is 54.1. The minimum Gasteiger partial charge on any atom is -0.452 e. The summed E-state index contributed by atoms with van der Waals surface area (Å²) in [7, 11) is 1.36. The van der Waals surface area contributed by atoms with Gasteiger partial charge in [0, 0.05) is 7.11 Å². The van der Waals surface area contributed by atoms with Crippen molar-refractivity contribution in [3.05, 3.63) is 215 Å². The minimum absolute atomic E-state index is 0.0651. The van der Waals surface area contributed by atoms with Gasteiger partial charge in [-0.1, -0.05) is 146 Å². The summed E-state index contributed by atoms with van der Waals surface area (Å²) < 4.78 is 63.8. The summed E-state index contributed by atoms with van der Waals surface area (Å²) in [4.78, 5) is 41.7. The fourth-order valence-electron chi connectivity index (χ4n) is 7.81. The van der Waals surface area contributed by atoms with Crippen LogP contribution < -0.4 is 0 Å². The molecule has 2 saturated heterocycles. The lowest BCUT2D eigenvalue weighted by Gasteiger charge is -2.45. The van der Waals surface area contributed by atoms with E-state index in [4.69, 9.17) is 47.4 Å². The second-order valence-electron chi connectivity index (χ2n) is 15.9. The van der Waals surface area contributed by atoms with Gasteiger partial charge in [0.2, 0.25) is 0 Å². The van der Waals surface area contributed by atoms with E-state index in [1.165, 1.54) is 7.11 Å². The molecule has 6 aromatic rings. The van der Waals surface area contributed by atoms with E-state index in [0.29, 0.717) is 6.61 Å². The first kappa shape index (κ1) is 47.0. The first-order valence-corrected chi connectivity index (χ1v) is 22.1. The molecule has 9 atom stereocenters. The fourth-order valence-corrected chi connectivity index (χ4v) is 7.81. The third kappa shape index (κ3) is 12.7. The van der Waals surface area contributed by atoms with Crippen LogP contribution in [0.5, 0.6) is 0 Å². The number of hydrogen-bond donors (Lipinski definition) is 0. The van der Waals surface area contributed by atoms with Crippen molar-refractivity contribution < 1.29 is 61.8 Å². The first-order chi connectivity index (χ1) is 32.9. The maximum absolute atomic E-state index is 14.0. The summed E-state index contributed by atoms with van der Waals surface area (Å²) in [6.07, 6.45) is -10.1. The monoisotopic (exact) mass is 908 g/mol. The highest BCUT2D eigenvalue weighted by molar-refractivity contribution is 5.91. The molecule has 2 aliphatic rings. The number of ether oxygens (including phenoxy) is 10. The van der Waals surface area contributed by atoms with Crippen molar-refractivity contribution in [3.8, 4) is 0 Å². The average Bonchev–Trinajstić information content (AvgIpc) is 3.39. The van der Waals surface area contributed by atoms with Gasteiger partial charge in [0.25, 0.3) is 0 Å². The molecule has 0 spiro atoms. The summed E-state index contributed by atoms with van der Waals surface area (Å²) >= 11 is 0. The van der Waals surface area contributed by atoms with Gasteiger partial charge in [-0.25, -0.2) is 14.4 Å². The molecular weight excluding hydrogens is 857 g/mol. The molecule has 2 heterocycles. The number of carbonyl (C=O) groups is 3. The van der Waals surface area contributed by atoms with E-state index in [2.05, 4.69) is 0 Å². The predicted molar refractivity (Wildman–Crippen MR) is 243 cm³/mol. The van der Waals surface area contributed by atoms with Gasteiger partial charge in [-0.05, 0) is 53.1 Å². The van der Waals surface area contributed by atoms with Crippen LogP contribution in [0.4, 0.5) is 0 Å². The Hall–Kier alpha value is -6.55. The van der Waals surface area contributed by atoms with Crippen molar-refractivity contribution in [3.63, 3.8) is 0 Å². The van der Waals surface area contributed by atoms with Crippen LogP contribution in [0.3, 0.4) is 0 Å². The maximum Gasteiger partial charge on any atom is 0.338 e. The number of esters is 3. The Kier molecular flexibility index (Phi) is 16.7. The summed E-state index contributed by atoms with van der Waals surface area (Å²) in [5.41, 5.74) is 3.46. The van der Waals surface area contributed by atoms with Crippen molar-refractivity contribution in [2.24, 2.45) is 0 Å². The molecule has 0 amide bonds. The second kappa shape index (κ2) is 23.8. The molecule has 0 aliphatic carbocycles. The van der Waals surface area contributed by atoms with Gasteiger partial charge in [-0.15, -0.1) is 0 Å². The fraction of sp³-hybridized carbons (Fsp3) is 0.278. The summed E-state index contributed by atoms with van der Waals surface area (Å²) in [5.74, 6) is -2.28. The lowest BCUT2D eigenvalue weighted by molar-refractivity contribution is -0.325. The molecule has 0 N–H and O–H groups in total. The molecule has 346 valence electrons. The number of benzene rings is 6.